The number of rotatable bonds is 9. The van der Waals surface area contributed by atoms with Gasteiger partial charge in [-0.05, 0) is 38.3 Å². The molecule has 1 aliphatic carbocycles. The maximum absolute atomic E-state index is 12.5. The molecular formula is C18H27N3O4S. The fourth-order valence-corrected chi connectivity index (χ4v) is 3.49. The van der Waals surface area contributed by atoms with Crippen LogP contribution in [0.3, 0.4) is 0 Å². The molecule has 1 fully saturated rings. The van der Waals surface area contributed by atoms with E-state index in [0.717, 1.165) is 12.8 Å². The van der Waals surface area contributed by atoms with Gasteiger partial charge in [0.1, 0.15) is 0 Å². The fraction of sp³-hybridized carbons (Fsp3) is 0.556. The molecule has 7 nitrogen and oxygen atoms in total. The topological polar surface area (TPSA) is 86.8 Å². The van der Waals surface area contributed by atoms with Crippen molar-refractivity contribution in [3.05, 3.63) is 29.8 Å². The lowest BCUT2D eigenvalue weighted by Crippen LogP contribution is -2.34. The van der Waals surface area contributed by atoms with Crippen LogP contribution in [-0.2, 0) is 14.8 Å². The van der Waals surface area contributed by atoms with Crippen LogP contribution >= 0.6 is 0 Å². The number of hydrogen-bond donors (Lipinski definition) is 1. The molecule has 1 aromatic rings. The zero-order valence-corrected chi connectivity index (χ0v) is 16.4. The Kier molecular flexibility index (Phi) is 6.77. The van der Waals surface area contributed by atoms with Crippen LogP contribution in [0.25, 0.3) is 0 Å². The molecule has 0 radical (unpaired) electrons. The van der Waals surface area contributed by atoms with Crippen molar-refractivity contribution in [1.29, 1.82) is 0 Å². The van der Waals surface area contributed by atoms with Gasteiger partial charge < -0.3 is 10.2 Å². The molecule has 26 heavy (non-hydrogen) atoms. The molecule has 1 aliphatic rings. The summed E-state index contributed by atoms with van der Waals surface area (Å²) in [6.07, 6.45) is 2.33. The van der Waals surface area contributed by atoms with E-state index in [0.29, 0.717) is 30.8 Å². The summed E-state index contributed by atoms with van der Waals surface area (Å²) in [5.41, 5.74) is 1.03. The molecule has 8 heteroatoms. The Morgan fingerprint density at radius 1 is 1.19 bits per heavy atom. The summed E-state index contributed by atoms with van der Waals surface area (Å²) in [4.78, 5) is 26.3. The summed E-state index contributed by atoms with van der Waals surface area (Å²) in [7, 11) is 0.0236. The highest BCUT2D eigenvalue weighted by Crippen LogP contribution is 2.33. The summed E-state index contributed by atoms with van der Waals surface area (Å²) < 4.78 is 24.7. The average Bonchev–Trinajstić information content (AvgIpc) is 3.48. The Balaban J connectivity index is 1.92. The van der Waals surface area contributed by atoms with E-state index in [1.165, 1.54) is 11.4 Å². The predicted molar refractivity (Wildman–Crippen MR) is 102 cm³/mol. The second-order valence-electron chi connectivity index (χ2n) is 6.52. The Hall–Kier alpha value is -1.93. The standard InChI is InChI=1S/C18H27N3O4S/c1-4-26(24,25)20(2)13-7-12-19-17(22)15-8-5-6-9-16(15)21(3)18(23)14-10-11-14/h5-6,8-9,14H,4,7,10-13H2,1-3H3,(H,19,22). The number of anilines is 1. The number of para-hydroxylation sites is 1. The van der Waals surface area contributed by atoms with Crippen LogP contribution in [0.15, 0.2) is 24.3 Å². The van der Waals surface area contributed by atoms with Gasteiger partial charge in [0.05, 0.1) is 17.0 Å². The molecule has 1 saturated carbocycles. The number of sulfonamides is 1. The van der Waals surface area contributed by atoms with Crippen LogP contribution in [0.4, 0.5) is 5.69 Å². The zero-order valence-electron chi connectivity index (χ0n) is 15.6. The highest BCUT2D eigenvalue weighted by molar-refractivity contribution is 7.89. The number of carbonyl (C=O) groups is 2. The minimum absolute atomic E-state index is 0.0386. The van der Waals surface area contributed by atoms with Crippen LogP contribution in [0, 0.1) is 5.92 Å². The first-order chi connectivity index (χ1) is 12.3. The fourth-order valence-electron chi connectivity index (χ4n) is 2.64. The van der Waals surface area contributed by atoms with Gasteiger partial charge in [-0.15, -0.1) is 0 Å². The molecule has 0 unspecified atom stereocenters. The van der Waals surface area contributed by atoms with E-state index in [1.807, 2.05) is 0 Å². The summed E-state index contributed by atoms with van der Waals surface area (Å²) >= 11 is 0. The second kappa shape index (κ2) is 8.64. The van der Waals surface area contributed by atoms with E-state index in [4.69, 9.17) is 0 Å². The minimum Gasteiger partial charge on any atom is -0.352 e. The van der Waals surface area contributed by atoms with Gasteiger partial charge in [0.15, 0.2) is 0 Å². The van der Waals surface area contributed by atoms with Crippen molar-refractivity contribution in [2.45, 2.75) is 26.2 Å². The first-order valence-electron chi connectivity index (χ1n) is 8.86. The first-order valence-corrected chi connectivity index (χ1v) is 10.5. The first kappa shape index (κ1) is 20.4. The Labute approximate surface area is 155 Å². The number of nitrogens with one attached hydrogen (secondary N) is 1. The number of nitrogens with zero attached hydrogens (tertiary/aromatic N) is 2. The van der Waals surface area contributed by atoms with Crippen LogP contribution < -0.4 is 10.2 Å². The third-order valence-corrected chi connectivity index (χ3v) is 6.40. The summed E-state index contributed by atoms with van der Waals surface area (Å²) in [5.74, 6) is -0.0919. The highest BCUT2D eigenvalue weighted by Gasteiger charge is 2.33. The molecule has 0 bridgehead atoms. The van der Waals surface area contributed by atoms with Crippen molar-refractivity contribution in [3.8, 4) is 0 Å². The summed E-state index contributed by atoms with van der Waals surface area (Å²) in [5, 5.41) is 2.80. The van der Waals surface area contributed by atoms with Gasteiger partial charge in [-0.25, -0.2) is 12.7 Å². The SMILES string of the molecule is CCS(=O)(=O)N(C)CCCNC(=O)c1ccccc1N(C)C(=O)C1CC1. The average molecular weight is 381 g/mol. The van der Waals surface area contributed by atoms with E-state index in [1.54, 1.807) is 43.1 Å². The van der Waals surface area contributed by atoms with Gasteiger partial charge in [0, 0.05) is 33.1 Å². The molecule has 0 spiro atoms. The van der Waals surface area contributed by atoms with Crippen LogP contribution in [0.2, 0.25) is 0 Å². The molecule has 2 rings (SSSR count). The van der Waals surface area contributed by atoms with Gasteiger partial charge in [0.25, 0.3) is 5.91 Å². The van der Waals surface area contributed by atoms with Crippen LogP contribution in [0.5, 0.6) is 0 Å². The monoisotopic (exact) mass is 381 g/mol. The molecule has 0 aliphatic heterocycles. The number of carbonyl (C=O) groups excluding carboxylic acids is 2. The predicted octanol–water partition coefficient (Wildman–Crippen LogP) is 1.46. The second-order valence-corrected chi connectivity index (χ2v) is 8.88. The number of benzene rings is 1. The Bertz CT molecular complexity index is 759. The molecule has 0 atom stereocenters. The highest BCUT2D eigenvalue weighted by atomic mass is 32.2. The van der Waals surface area contributed by atoms with Crippen molar-refractivity contribution in [1.82, 2.24) is 9.62 Å². The molecule has 144 valence electrons. The van der Waals surface area contributed by atoms with Crippen molar-refractivity contribution in [2.24, 2.45) is 5.92 Å². The van der Waals surface area contributed by atoms with Crippen LogP contribution in [-0.4, -0.2) is 57.5 Å². The molecule has 2 amide bonds. The van der Waals surface area contributed by atoms with E-state index in [-0.39, 0.29) is 23.5 Å². The van der Waals surface area contributed by atoms with E-state index < -0.39 is 10.0 Å². The molecule has 0 aromatic heterocycles. The molecule has 0 saturated heterocycles. The Morgan fingerprint density at radius 3 is 2.46 bits per heavy atom. The van der Waals surface area contributed by atoms with E-state index >= 15 is 0 Å². The normalized spacial score (nSPS) is 14.3. The van der Waals surface area contributed by atoms with Gasteiger partial charge >= 0.3 is 0 Å². The molecule has 1 N–H and O–H groups in total. The minimum atomic E-state index is -3.20. The van der Waals surface area contributed by atoms with Gasteiger partial charge in [-0.1, -0.05) is 12.1 Å². The molecule has 1 aromatic carbocycles. The van der Waals surface area contributed by atoms with E-state index in [9.17, 15) is 18.0 Å². The summed E-state index contributed by atoms with van der Waals surface area (Å²) in [6, 6.07) is 7.01. The lowest BCUT2D eigenvalue weighted by molar-refractivity contribution is -0.119. The van der Waals surface area contributed by atoms with Gasteiger partial charge in [-0.2, -0.15) is 0 Å². The van der Waals surface area contributed by atoms with Crippen molar-refractivity contribution in [2.75, 3.05) is 37.8 Å². The lowest BCUT2D eigenvalue weighted by atomic mass is 10.1. The van der Waals surface area contributed by atoms with Gasteiger partial charge in [-0.3, -0.25) is 9.59 Å². The summed E-state index contributed by atoms with van der Waals surface area (Å²) in [6.45, 7) is 2.30. The van der Waals surface area contributed by atoms with Crippen molar-refractivity contribution in [3.63, 3.8) is 0 Å². The number of hydrogen-bond acceptors (Lipinski definition) is 4. The maximum atomic E-state index is 12.5. The Morgan fingerprint density at radius 2 is 1.85 bits per heavy atom. The van der Waals surface area contributed by atoms with Crippen molar-refractivity contribution < 1.29 is 18.0 Å². The lowest BCUT2D eigenvalue weighted by Gasteiger charge is -2.20. The van der Waals surface area contributed by atoms with Gasteiger partial charge in [0.2, 0.25) is 15.9 Å². The third kappa shape index (κ3) is 5.04. The third-order valence-electron chi connectivity index (χ3n) is 4.54. The largest absolute Gasteiger partial charge is 0.352 e. The van der Waals surface area contributed by atoms with E-state index in [2.05, 4.69) is 5.32 Å². The van der Waals surface area contributed by atoms with Crippen LogP contribution in [0.1, 0.15) is 36.5 Å². The molecular weight excluding hydrogens is 354 g/mol. The van der Waals surface area contributed by atoms with Crippen molar-refractivity contribution >= 4 is 27.5 Å². The smallest absolute Gasteiger partial charge is 0.253 e. The zero-order chi connectivity index (χ0) is 19.3. The maximum Gasteiger partial charge on any atom is 0.253 e. The molecule has 0 heterocycles. The quantitative estimate of drug-likeness (QED) is 0.656. The number of amides is 2.